The van der Waals surface area contributed by atoms with E-state index in [4.69, 9.17) is 0 Å². The highest BCUT2D eigenvalue weighted by Gasteiger charge is 2.36. The summed E-state index contributed by atoms with van der Waals surface area (Å²) in [6, 6.07) is 0. The fraction of sp³-hybridized carbons (Fsp3) is 0.923. The van der Waals surface area contributed by atoms with Crippen LogP contribution in [0, 0.1) is 5.92 Å². The first-order valence-electron chi connectivity index (χ1n) is 6.93. The van der Waals surface area contributed by atoms with Crippen LogP contribution in [0.4, 0.5) is 0 Å². The highest BCUT2D eigenvalue weighted by molar-refractivity contribution is 5.80. The summed E-state index contributed by atoms with van der Waals surface area (Å²) in [5.41, 5.74) is 0. The fourth-order valence-electron chi connectivity index (χ4n) is 2.95. The third-order valence-electron chi connectivity index (χ3n) is 4.23. The number of rotatable bonds is 5. The van der Waals surface area contributed by atoms with Crippen LogP contribution in [-0.2, 0) is 4.79 Å². The van der Waals surface area contributed by atoms with Gasteiger partial charge in [-0.1, -0.05) is 19.8 Å². The lowest BCUT2D eigenvalue weighted by Crippen LogP contribution is -2.45. The molecular weight excluding hydrogens is 214 g/mol. The van der Waals surface area contributed by atoms with Gasteiger partial charge in [-0.2, -0.15) is 0 Å². The molecule has 98 valence electrons. The number of nitrogens with one attached hydrogen (secondary N) is 1. The highest BCUT2D eigenvalue weighted by Crippen LogP contribution is 2.30. The fourth-order valence-corrected chi connectivity index (χ4v) is 2.95. The van der Waals surface area contributed by atoms with Crippen LogP contribution in [0.15, 0.2) is 0 Å². The SMILES string of the molecule is CCN(C)CCN1C(=O)CNC1C1CCCC1. The zero-order chi connectivity index (χ0) is 12.3. The third-order valence-corrected chi connectivity index (χ3v) is 4.23. The minimum Gasteiger partial charge on any atom is -0.324 e. The van der Waals surface area contributed by atoms with E-state index in [-0.39, 0.29) is 5.91 Å². The standard InChI is InChI=1S/C13H25N3O/c1-3-15(2)8-9-16-12(17)10-14-13(16)11-6-4-5-7-11/h11,13-14H,3-10H2,1-2H3. The van der Waals surface area contributed by atoms with Crippen LogP contribution in [0.2, 0.25) is 0 Å². The van der Waals surface area contributed by atoms with E-state index < -0.39 is 0 Å². The average molecular weight is 239 g/mol. The Labute approximate surface area is 104 Å². The van der Waals surface area contributed by atoms with Crippen LogP contribution in [0.1, 0.15) is 32.6 Å². The summed E-state index contributed by atoms with van der Waals surface area (Å²) < 4.78 is 0. The van der Waals surface area contributed by atoms with Crippen LogP contribution < -0.4 is 5.32 Å². The Kier molecular flexibility index (Phi) is 4.40. The second-order valence-corrected chi connectivity index (χ2v) is 5.35. The molecule has 17 heavy (non-hydrogen) atoms. The van der Waals surface area contributed by atoms with Crippen molar-refractivity contribution in [3.05, 3.63) is 0 Å². The first-order valence-corrected chi connectivity index (χ1v) is 6.93. The zero-order valence-electron chi connectivity index (χ0n) is 11.1. The molecule has 1 aliphatic carbocycles. The van der Waals surface area contributed by atoms with Crippen LogP contribution in [0.25, 0.3) is 0 Å². The maximum atomic E-state index is 11.9. The molecule has 1 amide bonds. The lowest BCUT2D eigenvalue weighted by molar-refractivity contribution is -0.128. The van der Waals surface area contributed by atoms with Crippen LogP contribution >= 0.6 is 0 Å². The molecule has 0 aromatic carbocycles. The Morgan fingerprint density at radius 3 is 2.76 bits per heavy atom. The lowest BCUT2D eigenvalue weighted by Gasteiger charge is -2.30. The van der Waals surface area contributed by atoms with E-state index in [2.05, 4.69) is 29.1 Å². The van der Waals surface area contributed by atoms with Crippen LogP contribution in [0.3, 0.4) is 0 Å². The summed E-state index contributed by atoms with van der Waals surface area (Å²) >= 11 is 0. The van der Waals surface area contributed by atoms with Crippen LogP contribution in [0.5, 0.6) is 0 Å². The van der Waals surface area contributed by atoms with Crippen molar-refractivity contribution >= 4 is 5.91 Å². The number of carbonyl (C=O) groups is 1. The molecule has 2 aliphatic rings. The Balaban J connectivity index is 1.89. The predicted molar refractivity (Wildman–Crippen MR) is 68.6 cm³/mol. The topological polar surface area (TPSA) is 35.6 Å². The Morgan fingerprint density at radius 2 is 2.12 bits per heavy atom. The molecule has 1 N–H and O–H groups in total. The van der Waals surface area contributed by atoms with Gasteiger partial charge in [0.25, 0.3) is 0 Å². The summed E-state index contributed by atoms with van der Waals surface area (Å²) in [6.07, 6.45) is 5.55. The predicted octanol–water partition coefficient (Wildman–Crippen LogP) is 0.886. The summed E-state index contributed by atoms with van der Waals surface area (Å²) in [4.78, 5) is 16.2. The van der Waals surface area contributed by atoms with Gasteiger partial charge in [-0.05, 0) is 32.4 Å². The number of hydrogen-bond acceptors (Lipinski definition) is 3. The van der Waals surface area contributed by atoms with E-state index in [1.54, 1.807) is 0 Å². The molecule has 1 aliphatic heterocycles. The molecule has 1 atom stereocenters. The molecule has 1 unspecified atom stereocenters. The van der Waals surface area contributed by atoms with Crippen molar-refractivity contribution in [2.75, 3.05) is 33.2 Å². The van der Waals surface area contributed by atoms with E-state index in [1.807, 2.05) is 0 Å². The Bertz CT molecular complexity index is 263. The highest BCUT2D eigenvalue weighted by atomic mass is 16.2. The number of carbonyl (C=O) groups excluding carboxylic acids is 1. The van der Waals surface area contributed by atoms with Gasteiger partial charge in [0.15, 0.2) is 0 Å². The largest absolute Gasteiger partial charge is 0.324 e. The molecule has 0 aromatic rings. The van der Waals surface area contributed by atoms with Crippen molar-refractivity contribution < 1.29 is 4.79 Å². The van der Waals surface area contributed by atoms with Crippen LogP contribution in [-0.4, -0.2) is 55.1 Å². The maximum Gasteiger partial charge on any atom is 0.237 e. The zero-order valence-corrected chi connectivity index (χ0v) is 11.1. The maximum absolute atomic E-state index is 11.9. The van der Waals surface area contributed by atoms with E-state index in [9.17, 15) is 4.79 Å². The minimum absolute atomic E-state index is 0.284. The van der Waals surface area contributed by atoms with Crippen molar-refractivity contribution in [1.82, 2.24) is 15.1 Å². The molecule has 2 rings (SSSR count). The molecule has 1 saturated carbocycles. The molecule has 4 heteroatoms. The van der Waals surface area contributed by atoms with E-state index >= 15 is 0 Å². The Hall–Kier alpha value is -0.610. The molecule has 0 radical (unpaired) electrons. The number of hydrogen-bond donors (Lipinski definition) is 1. The minimum atomic E-state index is 0.284. The monoisotopic (exact) mass is 239 g/mol. The van der Waals surface area contributed by atoms with Crippen molar-refractivity contribution in [3.8, 4) is 0 Å². The van der Waals surface area contributed by atoms with Gasteiger partial charge in [-0.3, -0.25) is 10.1 Å². The summed E-state index contributed by atoms with van der Waals surface area (Å²) in [5, 5.41) is 3.40. The third kappa shape index (κ3) is 2.99. The summed E-state index contributed by atoms with van der Waals surface area (Å²) in [6.45, 7) is 5.59. The summed E-state index contributed by atoms with van der Waals surface area (Å²) in [5.74, 6) is 0.972. The second kappa shape index (κ2) is 5.83. The molecule has 0 bridgehead atoms. The normalized spacial score (nSPS) is 26.4. The van der Waals surface area contributed by atoms with Gasteiger partial charge in [-0.25, -0.2) is 0 Å². The molecule has 4 nitrogen and oxygen atoms in total. The van der Waals surface area contributed by atoms with Crippen molar-refractivity contribution in [2.24, 2.45) is 5.92 Å². The summed E-state index contributed by atoms with van der Waals surface area (Å²) in [7, 11) is 2.11. The molecule has 2 fully saturated rings. The Morgan fingerprint density at radius 1 is 1.41 bits per heavy atom. The van der Waals surface area contributed by atoms with E-state index in [0.29, 0.717) is 18.6 Å². The van der Waals surface area contributed by atoms with Gasteiger partial charge in [0, 0.05) is 13.1 Å². The average Bonchev–Trinajstić information content (AvgIpc) is 2.95. The van der Waals surface area contributed by atoms with Gasteiger partial charge in [0.1, 0.15) is 0 Å². The molecule has 1 heterocycles. The molecule has 0 spiro atoms. The lowest BCUT2D eigenvalue weighted by atomic mass is 10.0. The van der Waals surface area contributed by atoms with E-state index in [0.717, 1.165) is 19.6 Å². The van der Waals surface area contributed by atoms with E-state index in [1.165, 1.54) is 25.7 Å². The smallest absolute Gasteiger partial charge is 0.237 e. The molecule has 0 aromatic heterocycles. The first-order chi connectivity index (χ1) is 8.22. The number of nitrogens with zero attached hydrogens (tertiary/aromatic N) is 2. The van der Waals surface area contributed by atoms with Crippen molar-refractivity contribution in [2.45, 2.75) is 38.8 Å². The van der Waals surface area contributed by atoms with Gasteiger partial charge < -0.3 is 9.80 Å². The van der Waals surface area contributed by atoms with Crippen molar-refractivity contribution in [3.63, 3.8) is 0 Å². The molecule has 1 saturated heterocycles. The van der Waals surface area contributed by atoms with Gasteiger partial charge in [-0.15, -0.1) is 0 Å². The number of amides is 1. The van der Waals surface area contributed by atoms with Gasteiger partial charge in [0.05, 0.1) is 12.7 Å². The van der Waals surface area contributed by atoms with Crippen molar-refractivity contribution in [1.29, 1.82) is 0 Å². The molecular formula is C13H25N3O. The first kappa shape index (κ1) is 12.8. The van der Waals surface area contributed by atoms with Gasteiger partial charge in [0.2, 0.25) is 5.91 Å². The van der Waals surface area contributed by atoms with Gasteiger partial charge >= 0.3 is 0 Å². The quantitative estimate of drug-likeness (QED) is 0.774. The number of likely N-dealkylation sites (N-methyl/N-ethyl adjacent to an activating group) is 1. The second-order valence-electron chi connectivity index (χ2n) is 5.35.